The number of urea groups is 1. The summed E-state index contributed by atoms with van der Waals surface area (Å²) < 4.78 is 0. The third-order valence-electron chi connectivity index (χ3n) is 2.79. The summed E-state index contributed by atoms with van der Waals surface area (Å²) in [6, 6.07) is -2.29. The van der Waals surface area contributed by atoms with E-state index in [9.17, 15) is 14.4 Å². The molecule has 0 radical (unpaired) electrons. The maximum atomic E-state index is 11.6. The second-order valence-electron chi connectivity index (χ2n) is 4.49. The van der Waals surface area contributed by atoms with Crippen LogP contribution in [0.4, 0.5) is 4.79 Å². The lowest BCUT2D eigenvalue weighted by Gasteiger charge is -2.24. The fourth-order valence-electron chi connectivity index (χ4n) is 1.71. The Morgan fingerprint density at radius 3 is 2.05 bits per heavy atom. The molecule has 0 fully saturated rings. The van der Waals surface area contributed by atoms with Crippen molar-refractivity contribution in [3.8, 4) is 0 Å². The van der Waals surface area contributed by atoms with Gasteiger partial charge in [0.15, 0.2) is 0 Å². The molecule has 0 aliphatic carbocycles. The zero-order valence-electron chi connectivity index (χ0n) is 12.0. The first-order valence-corrected chi connectivity index (χ1v) is 6.54. The number of aliphatic carboxylic acids is 2. The highest BCUT2D eigenvalue weighted by Gasteiger charge is 2.23. The van der Waals surface area contributed by atoms with E-state index >= 15 is 0 Å². The van der Waals surface area contributed by atoms with Crippen molar-refractivity contribution in [1.29, 1.82) is 0 Å². The molecule has 0 aliphatic heterocycles. The van der Waals surface area contributed by atoms with Gasteiger partial charge in [-0.15, -0.1) is 0 Å². The lowest BCUT2D eigenvalue weighted by Crippen LogP contribution is -2.51. The van der Waals surface area contributed by atoms with Gasteiger partial charge < -0.3 is 25.7 Å². The number of amides is 2. The van der Waals surface area contributed by atoms with Crippen molar-refractivity contribution < 1.29 is 24.6 Å². The van der Waals surface area contributed by atoms with E-state index in [-0.39, 0.29) is 6.04 Å². The second kappa shape index (κ2) is 9.13. The monoisotopic (exact) mass is 289 g/mol. The highest BCUT2D eigenvalue weighted by atomic mass is 16.4. The summed E-state index contributed by atoms with van der Waals surface area (Å²) in [5.74, 6) is -2.66. The molecule has 0 aromatic heterocycles. The number of nitrogens with one attached hydrogen (secondary N) is 2. The molecule has 0 spiro atoms. The van der Waals surface area contributed by atoms with E-state index in [1.807, 2.05) is 13.8 Å². The Bertz CT molecular complexity index is 344. The van der Waals surface area contributed by atoms with Crippen molar-refractivity contribution in [3.63, 3.8) is 0 Å². The van der Waals surface area contributed by atoms with Crippen molar-refractivity contribution in [2.45, 2.75) is 39.3 Å². The molecule has 0 aromatic rings. The van der Waals surface area contributed by atoms with Crippen molar-refractivity contribution in [3.05, 3.63) is 0 Å². The van der Waals surface area contributed by atoms with Gasteiger partial charge in [0.1, 0.15) is 6.04 Å². The Hall–Kier alpha value is -1.83. The van der Waals surface area contributed by atoms with E-state index in [0.29, 0.717) is 6.54 Å². The van der Waals surface area contributed by atoms with Gasteiger partial charge in [0.05, 0.1) is 6.42 Å². The SMILES string of the molecule is CCN(CC)CC(C)NC(=O)N[C@@H](CC(=O)O)C(=O)O. The molecule has 2 amide bonds. The molecule has 1 unspecified atom stereocenters. The molecule has 2 atom stereocenters. The minimum atomic E-state index is -1.44. The van der Waals surface area contributed by atoms with Crippen LogP contribution in [0.5, 0.6) is 0 Å². The van der Waals surface area contributed by atoms with Crippen LogP contribution in [0.25, 0.3) is 0 Å². The van der Waals surface area contributed by atoms with Gasteiger partial charge in [0, 0.05) is 12.6 Å². The zero-order chi connectivity index (χ0) is 15.7. The number of carbonyl (C=O) groups is 3. The number of rotatable bonds is 9. The number of hydrogen-bond acceptors (Lipinski definition) is 4. The fraction of sp³-hybridized carbons (Fsp3) is 0.750. The minimum Gasteiger partial charge on any atom is -0.481 e. The quantitative estimate of drug-likeness (QED) is 0.472. The van der Waals surface area contributed by atoms with Gasteiger partial charge in [-0.2, -0.15) is 0 Å². The molecule has 0 saturated carbocycles. The van der Waals surface area contributed by atoms with Crippen LogP contribution in [0.15, 0.2) is 0 Å². The van der Waals surface area contributed by atoms with Crippen molar-refractivity contribution in [2.75, 3.05) is 19.6 Å². The van der Waals surface area contributed by atoms with Gasteiger partial charge in [-0.25, -0.2) is 9.59 Å². The first-order valence-electron chi connectivity index (χ1n) is 6.54. The highest BCUT2D eigenvalue weighted by Crippen LogP contribution is 1.95. The second-order valence-corrected chi connectivity index (χ2v) is 4.49. The van der Waals surface area contributed by atoms with Gasteiger partial charge >= 0.3 is 18.0 Å². The molecule has 0 rings (SSSR count). The van der Waals surface area contributed by atoms with E-state index in [4.69, 9.17) is 10.2 Å². The maximum Gasteiger partial charge on any atom is 0.326 e. The molecule has 116 valence electrons. The summed E-state index contributed by atoms with van der Waals surface area (Å²) in [7, 11) is 0. The van der Waals surface area contributed by atoms with Crippen molar-refractivity contribution in [2.24, 2.45) is 0 Å². The Kier molecular flexibility index (Phi) is 8.30. The topological polar surface area (TPSA) is 119 Å². The average Bonchev–Trinajstić information content (AvgIpc) is 2.34. The molecule has 0 heterocycles. The zero-order valence-corrected chi connectivity index (χ0v) is 12.0. The Morgan fingerprint density at radius 2 is 1.65 bits per heavy atom. The minimum absolute atomic E-state index is 0.172. The number of nitrogens with zero attached hydrogens (tertiary/aromatic N) is 1. The Balaban J connectivity index is 4.31. The van der Waals surface area contributed by atoms with E-state index < -0.39 is 30.4 Å². The van der Waals surface area contributed by atoms with Crippen LogP contribution in [-0.4, -0.2) is 64.8 Å². The number of carboxylic acids is 2. The average molecular weight is 289 g/mol. The normalized spacial score (nSPS) is 13.6. The largest absolute Gasteiger partial charge is 0.481 e. The number of likely N-dealkylation sites (N-methyl/N-ethyl adjacent to an activating group) is 1. The summed E-state index contributed by atoms with van der Waals surface area (Å²) in [5, 5.41) is 22.1. The lowest BCUT2D eigenvalue weighted by molar-refractivity contribution is -0.145. The van der Waals surface area contributed by atoms with Crippen molar-refractivity contribution >= 4 is 18.0 Å². The number of carbonyl (C=O) groups excluding carboxylic acids is 1. The van der Waals surface area contributed by atoms with E-state index in [1.54, 1.807) is 6.92 Å². The van der Waals surface area contributed by atoms with Gasteiger partial charge in [-0.1, -0.05) is 13.8 Å². The van der Waals surface area contributed by atoms with Gasteiger partial charge in [-0.3, -0.25) is 4.79 Å². The Labute approximate surface area is 118 Å². The molecule has 8 nitrogen and oxygen atoms in total. The summed E-state index contributed by atoms with van der Waals surface area (Å²) in [4.78, 5) is 35.0. The van der Waals surface area contributed by atoms with Gasteiger partial charge in [0.25, 0.3) is 0 Å². The molecule has 0 bridgehead atoms. The van der Waals surface area contributed by atoms with Crippen LogP contribution in [0.1, 0.15) is 27.2 Å². The smallest absolute Gasteiger partial charge is 0.326 e. The maximum absolute atomic E-state index is 11.6. The number of hydrogen-bond donors (Lipinski definition) is 4. The van der Waals surface area contributed by atoms with Gasteiger partial charge in [-0.05, 0) is 20.0 Å². The first-order chi connectivity index (χ1) is 9.29. The third kappa shape index (κ3) is 7.57. The summed E-state index contributed by atoms with van der Waals surface area (Å²) in [6.07, 6.45) is -0.660. The lowest BCUT2D eigenvalue weighted by atomic mass is 10.2. The third-order valence-corrected chi connectivity index (χ3v) is 2.79. The summed E-state index contributed by atoms with van der Waals surface area (Å²) in [5.41, 5.74) is 0. The molecule has 20 heavy (non-hydrogen) atoms. The number of carboxylic acid groups (broad SMARTS) is 2. The van der Waals surface area contributed by atoms with Crippen molar-refractivity contribution in [1.82, 2.24) is 15.5 Å². The fourth-order valence-corrected chi connectivity index (χ4v) is 1.71. The summed E-state index contributed by atoms with van der Waals surface area (Å²) in [6.45, 7) is 8.14. The van der Waals surface area contributed by atoms with Crippen LogP contribution in [-0.2, 0) is 9.59 Å². The molecule has 0 aliphatic rings. The summed E-state index contributed by atoms with van der Waals surface area (Å²) >= 11 is 0. The highest BCUT2D eigenvalue weighted by molar-refractivity contribution is 5.86. The van der Waals surface area contributed by atoms with Crippen LogP contribution in [0.3, 0.4) is 0 Å². The standard InChI is InChI=1S/C12H23N3O5/c1-4-15(5-2)7-8(3)13-12(20)14-9(11(18)19)6-10(16)17/h8-9H,4-7H2,1-3H3,(H,16,17)(H,18,19)(H2,13,14,20)/t8?,9-/m0/s1. The van der Waals surface area contributed by atoms with Crippen LogP contribution in [0, 0.1) is 0 Å². The molecule has 0 aromatic carbocycles. The van der Waals surface area contributed by atoms with Gasteiger partial charge in [0.2, 0.25) is 0 Å². The predicted octanol–water partition coefficient (Wildman–Crippen LogP) is -0.0562. The van der Waals surface area contributed by atoms with E-state index in [0.717, 1.165) is 13.1 Å². The molecular formula is C12H23N3O5. The molecule has 0 saturated heterocycles. The predicted molar refractivity (Wildman–Crippen MR) is 72.6 cm³/mol. The van der Waals surface area contributed by atoms with Crippen LogP contribution in [0.2, 0.25) is 0 Å². The van der Waals surface area contributed by atoms with Crippen LogP contribution < -0.4 is 10.6 Å². The first kappa shape index (κ1) is 18.2. The molecular weight excluding hydrogens is 266 g/mol. The van der Waals surface area contributed by atoms with Crippen LogP contribution >= 0.6 is 0 Å². The van der Waals surface area contributed by atoms with E-state index in [2.05, 4.69) is 15.5 Å². The Morgan fingerprint density at radius 1 is 1.10 bits per heavy atom. The molecule has 8 heteroatoms. The molecule has 4 N–H and O–H groups in total. The van der Waals surface area contributed by atoms with E-state index in [1.165, 1.54) is 0 Å².